The van der Waals surface area contributed by atoms with Crippen LogP contribution in [0.5, 0.6) is 0 Å². The van der Waals surface area contributed by atoms with E-state index in [1.54, 1.807) is 25.7 Å². The summed E-state index contributed by atoms with van der Waals surface area (Å²) >= 11 is 0. The van der Waals surface area contributed by atoms with Crippen LogP contribution in [0.25, 0.3) is 0 Å². The third-order valence-electron chi connectivity index (χ3n) is 6.79. The van der Waals surface area contributed by atoms with Crippen molar-refractivity contribution in [2.75, 3.05) is 66.0 Å². The molecule has 12 nitrogen and oxygen atoms in total. The number of nitrogens with one attached hydrogen (secondary N) is 3. The van der Waals surface area contributed by atoms with E-state index in [-0.39, 0.29) is 23.8 Å². The largest absolute Gasteiger partial charge is 0.469 e. The quantitative estimate of drug-likeness (QED) is 0.188. The van der Waals surface area contributed by atoms with Crippen LogP contribution < -0.4 is 10.6 Å². The van der Waals surface area contributed by atoms with Gasteiger partial charge in [-0.2, -0.15) is 0 Å². The minimum Gasteiger partial charge on any atom is -0.469 e. The smallest absolute Gasteiger partial charge is 0.413 e. The molecule has 0 aliphatic carbocycles. The molecule has 2 amide bonds. The first-order valence-electron chi connectivity index (χ1n) is 12.8. The van der Waals surface area contributed by atoms with Gasteiger partial charge in [-0.05, 0) is 52.6 Å². The predicted octanol–water partition coefficient (Wildman–Crippen LogP) is 0.858. The molecule has 0 saturated carbocycles. The van der Waals surface area contributed by atoms with Crippen LogP contribution in [0, 0.1) is 11.3 Å². The number of rotatable bonds is 8. The molecule has 2 atom stereocenters. The summed E-state index contributed by atoms with van der Waals surface area (Å²) in [5.74, 6) is -0.197. The van der Waals surface area contributed by atoms with Crippen LogP contribution >= 0.6 is 0 Å². The highest BCUT2D eigenvalue weighted by molar-refractivity contribution is 5.98. The standard InChI is InChI=1S/C24H42N6O6/c1-24(2,3)36-22(32)27-21(25)20(17-5-8-26-9-6-17)30-16-18(35-23(30)33)15-29-13-11-28(12-14-29)10-7-19(31)34-4/h17-18,20,26H,5-16H2,1-4H3,(H2,25,27,32). The summed E-state index contributed by atoms with van der Waals surface area (Å²) in [4.78, 5) is 42.8. The van der Waals surface area contributed by atoms with Crippen molar-refractivity contribution in [3.05, 3.63) is 0 Å². The third-order valence-corrected chi connectivity index (χ3v) is 6.79. The molecule has 36 heavy (non-hydrogen) atoms. The molecule has 12 heteroatoms. The molecule has 0 aromatic heterocycles. The zero-order chi connectivity index (χ0) is 26.3. The lowest BCUT2D eigenvalue weighted by atomic mass is 9.88. The number of alkyl carbamates (subject to hydrolysis) is 1. The van der Waals surface area contributed by atoms with Crippen molar-refractivity contribution in [2.45, 2.75) is 57.8 Å². The Labute approximate surface area is 213 Å². The monoisotopic (exact) mass is 510 g/mol. The molecule has 3 heterocycles. The van der Waals surface area contributed by atoms with Gasteiger partial charge in [-0.3, -0.25) is 25.3 Å². The van der Waals surface area contributed by atoms with Crippen molar-refractivity contribution < 1.29 is 28.6 Å². The minimum absolute atomic E-state index is 0.0343. The Bertz CT molecular complexity index is 788. The molecular formula is C24H42N6O6. The van der Waals surface area contributed by atoms with E-state index < -0.39 is 23.8 Å². The summed E-state index contributed by atoms with van der Waals surface area (Å²) in [6.07, 6.45) is 0.526. The van der Waals surface area contributed by atoms with Gasteiger partial charge in [-0.1, -0.05) is 0 Å². The van der Waals surface area contributed by atoms with Crippen molar-refractivity contribution >= 4 is 24.0 Å². The fraction of sp³-hybridized carbons (Fsp3) is 0.833. The first-order chi connectivity index (χ1) is 17.1. The summed E-state index contributed by atoms with van der Waals surface area (Å²) in [6.45, 7) is 11.9. The second kappa shape index (κ2) is 12.7. The molecule has 204 valence electrons. The van der Waals surface area contributed by atoms with Gasteiger partial charge in [0.1, 0.15) is 17.5 Å². The Morgan fingerprint density at radius 3 is 2.42 bits per heavy atom. The average molecular weight is 511 g/mol. The van der Waals surface area contributed by atoms with Crippen LogP contribution in [0.3, 0.4) is 0 Å². The first-order valence-corrected chi connectivity index (χ1v) is 12.8. The highest BCUT2D eigenvalue weighted by Crippen LogP contribution is 2.26. The van der Waals surface area contributed by atoms with Crippen LogP contribution in [0.4, 0.5) is 9.59 Å². The Morgan fingerprint density at radius 2 is 1.81 bits per heavy atom. The Morgan fingerprint density at radius 1 is 1.17 bits per heavy atom. The van der Waals surface area contributed by atoms with Crippen LogP contribution in [0.15, 0.2) is 0 Å². The van der Waals surface area contributed by atoms with E-state index in [0.717, 1.165) is 52.1 Å². The lowest BCUT2D eigenvalue weighted by molar-refractivity contribution is -0.141. The number of piperazine rings is 1. The number of ether oxygens (including phenoxy) is 3. The SMILES string of the molecule is COC(=O)CCN1CCN(CC2CN(C(C(=N)NC(=O)OC(C)(C)C)C3CCNCC3)C(=O)O2)CC1. The normalized spacial score (nSPS) is 23.2. The number of cyclic esters (lactones) is 1. The van der Waals surface area contributed by atoms with Crippen LogP contribution in [0.2, 0.25) is 0 Å². The third kappa shape index (κ3) is 8.31. The highest BCUT2D eigenvalue weighted by atomic mass is 16.6. The fourth-order valence-corrected chi connectivity index (χ4v) is 4.99. The van der Waals surface area contributed by atoms with Gasteiger partial charge in [0, 0.05) is 39.3 Å². The van der Waals surface area contributed by atoms with E-state index in [4.69, 9.17) is 19.6 Å². The van der Waals surface area contributed by atoms with E-state index in [9.17, 15) is 14.4 Å². The van der Waals surface area contributed by atoms with E-state index in [1.807, 2.05) is 0 Å². The van der Waals surface area contributed by atoms with Crippen LogP contribution in [-0.4, -0.2) is 122 Å². The number of piperidine rings is 1. The number of amides is 2. The molecule has 3 N–H and O–H groups in total. The van der Waals surface area contributed by atoms with Gasteiger partial charge in [-0.15, -0.1) is 0 Å². The van der Waals surface area contributed by atoms with Gasteiger partial charge in [0.05, 0.1) is 26.1 Å². The number of esters is 1. The number of hydrogen-bond donors (Lipinski definition) is 3. The lowest BCUT2D eigenvalue weighted by Gasteiger charge is -2.36. The van der Waals surface area contributed by atoms with E-state index in [2.05, 4.69) is 20.4 Å². The first kappa shape index (κ1) is 28.1. The molecule has 2 unspecified atom stereocenters. The average Bonchev–Trinajstić information content (AvgIpc) is 3.17. The molecule has 0 aromatic carbocycles. The molecule has 3 rings (SSSR count). The number of carbonyl (C=O) groups excluding carboxylic acids is 3. The maximum absolute atomic E-state index is 12.9. The topological polar surface area (TPSA) is 137 Å². The number of hydrogen-bond acceptors (Lipinski definition) is 10. The lowest BCUT2D eigenvalue weighted by Crippen LogP contribution is -2.55. The zero-order valence-corrected chi connectivity index (χ0v) is 22.0. The Kier molecular flexibility index (Phi) is 9.92. The summed E-state index contributed by atoms with van der Waals surface area (Å²) in [5, 5.41) is 14.5. The number of nitrogens with zero attached hydrogens (tertiary/aromatic N) is 3. The second-order valence-corrected chi connectivity index (χ2v) is 10.7. The van der Waals surface area contributed by atoms with Gasteiger partial charge in [-0.25, -0.2) is 9.59 Å². The minimum atomic E-state index is -0.694. The Hall–Kier alpha value is -2.44. The summed E-state index contributed by atoms with van der Waals surface area (Å²) < 4.78 is 15.8. The van der Waals surface area contributed by atoms with Crippen molar-refractivity contribution in [2.24, 2.45) is 5.92 Å². The molecule has 3 saturated heterocycles. The maximum atomic E-state index is 12.9. The molecule has 0 aromatic rings. The van der Waals surface area contributed by atoms with Crippen molar-refractivity contribution in [3.8, 4) is 0 Å². The fourth-order valence-electron chi connectivity index (χ4n) is 4.99. The van der Waals surface area contributed by atoms with Gasteiger partial charge in [0.25, 0.3) is 0 Å². The van der Waals surface area contributed by atoms with Crippen LogP contribution in [0.1, 0.15) is 40.0 Å². The van der Waals surface area contributed by atoms with Crippen molar-refractivity contribution in [1.29, 1.82) is 5.41 Å². The van der Waals surface area contributed by atoms with E-state index in [0.29, 0.717) is 26.1 Å². The van der Waals surface area contributed by atoms with Crippen molar-refractivity contribution in [1.82, 2.24) is 25.3 Å². The van der Waals surface area contributed by atoms with Gasteiger partial charge < -0.3 is 24.4 Å². The summed E-state index contributed by atoms with van der Waals surface area (Å²) in [6, 6.07) is -0.577. The van der Waals surface area contributed by atoms with Gasteiger partial charge in [0.2, 0.25) is 0 Å². The number of methoxy groups -OCH3 is 1. The van der Waals surface area contributed by atoms with Gasteiger partial charge in [0.15, 0.2) is 0 Å². The molecule has 0 radical (unpaired) electrons. The molecule has 0 spiro atoms. The maximum Gasteiger partial charge on any atom is 0.413 e. The molecule has 3 aliphatic heterocycles. The zero-order valence-electron chi connectivity index (χ0n) is 22.0. The number of amidine groups is 1. The Balaban J connectivity index is 1.56. The van der Waals surface area contributed by atoms with E-state index in [1.165, 1.54) is 7.11 Å². The predicted molar refractivity (Wildman–Crippen MR) is 133 cm³/mol. The van der Waals surface area contributed by atoms with Gasteiger partial charge >= 0.3 is 18.2 Å². The molecule has 3 fully saturated rings. The number of carbonyl (C=O) groups is 3. The molecular weight excluding hydrogens is 468 g/mol. The van der Waals surface area contributed by atoms with E-state index >= 15 is 0 Å². The highest BCUT2D eigenvalue weighted by Gasteiger charge is 2.43. The second-order valence-electron chi connectivity index (χ2n) is 10.7. The van der Waals surface area contributed by atoms with Crippen molar-refractivity contribution in [3.63, 3.8) is 0 Å². The molecule has 3 aliphatic rings. The summed E-state index contributed by atoms with van der Waals surface area (Å²) in [5.41, 5.74) is -0.685. The molecule has 0 bridgehead atoms. The summed E-state index contributed by atoms with van der Waals surface area (Å²) in [7, 11) is 1.40. The van der Waals surface area contributed by atoms with Crippen LogP contribution in [-0.2, 0) is 19.0 Å².